The number of nitro benzene ring substituents is 1. The largest absolute Gasteiger partial charge is 0.461 e. The summed E-state index contributed by atoms with van der Waals surface area (Å²) in [5.41, 5.74) is 0.509. The molecule has 0 aliphatic heterocycles. The minimum absolute atomic E-state index is 0.0664. The van der Waals surface area contributed by atoms with Crippen LogP contribution in [0, 0.1) is 38.0 Å². The van der Waals surface area contributed by atoms with E-state index in [1.165, 1.54) is 24.3 Å². The van der Waals surface area contributed by atoms with E-state index in [0.29, 0.717) is 5.56 Å². The number of nitrogens with zero attached hydrogens (tertiary/aromatic N) is 2. The molecular formula is C16H18N2O7. The molecule has 0 radical (unpaired) electrons. The summed E-state index contributed by atoms with van der Waals surface area (Å²) in [6.07, 6.45) is 0.0491. The Morgan fingerprint density at radius 2 is 1.88 bits per heavy atom. The van der Waals surface area contributed by atoms with Crippen LogP contribution >= 0.6 is 0 Å². The second kappa shape index (κ2) is 7.82. The smallest absolute Gasteiger partial charge is 0.306 e. The Hall–Kier alpha value is -2.84. The first-order valence-corrected chi connectivity index (χ1v) is 7.81. The lowest BCUT2D eigenvalue weighted by Crippen LogP contribution is -2.27. The Balaban J connectivity index is 1.91. The van der Waals surface area contributed by atoms with Crippen LogP contribution in [0.15, 0.2) is 24.3 Å². The highest BCUT2D eigenvalue weighted by molar-refractivity contribution is 5.87. The lowest BCUT2D eigenvalue weighted by molar-refractivity contribution is -0.490. The zero-order chi connectivity index (χ0) is 18.6. The molecule has 134 valence electrons. The third-order valence-corrected chi connectivity index (χ3v) is 4.48. The summed E-state index contributed by atoms with van der Waals surface area (Å²) in [4.78, 5) is 44.3. The van der Waals surface area contributed by atoms with Crippen molar-refractivity contribution in [2.24, 2.45) is 17.8 Å². The molecule has 1 aromatic carbocycles. The third-order valence-electron chi connectivity index (χ3n) is 4.48. The number of rotatable bonds is 7. The Labute approximate surface area is 143 Å². The van der Waals surface area contributed by atoms with Gasteiger partial charge in [0.2, 0.25) is 6.54 Å². The van der Waals surface area contributed by atoms with E-state index in [4.69, 9.17) is 4.74 Å². The highest BCUT2D eigenvalue weighted by atomic mass is 16.6. The minimum atomic E-state index is -0.690. The molecule has 0 bridgehead atoms. The highest BCUT2D eigenvalue weighted by Gasteiger charge is 2.43. The minimum Gasteiger partial charge on any atom is -0.461 e. The number of ketones is 1. The summed E-state index contributed by atoms with van der Waals surface area (Å²) in [5.74, 6) is -2.05. The Bertz CT molecular complexity index is 686. The molecule has 2 rings (SSSR count). The number of non-ortho nitro benzene ring substituents is 1. The molecule has 0 spiro atoms. The van der Waals surface area contributed by atoms with Crippen molar-refractivity contribution in [2.45, 2.75) is 26.4 Å². The van der Waals surface area contributed by atoms with Gasteiger partial charge in [0.05, 0.1) is 11.3 Å². The number of nitro groups is 2. The average Bonchev–Trinajstić information content (AvgIpc) is 2.80. The molecule has 25 heavy (non-hydrogen) atoms. The normalized spacial score (nSPS) is 22.6. The van der Waals surface area contributed by atoms with Crippen molar-refractivity contribution < 1.29 is 24.2 Å². The first-order chi connectivity index (χ1) is 11.8. The van der Waals surface area contributed by atoms with Gasteiger partial charge in [-0.25, -0.2) is 0 Å². The monoisotopic (exact) mass is 350 g/mol. The molecule has 0 amide bonds. The van der Waals surface area contributed by atoms with Gasteiger partial charge in [0.25, 0.3) is 5.69 Å². The molecule has 0 aromatic heterocycles. The molecule has 9 heteroatoms. The van der Waals surface area contributed by atoms with E-state index in [1.807, 2.05) is 0 Å². The van der Waals surface area contributed by atoms with Crippen LogP contribution in [0.25, 0.3) is 0 Å². The van der Waals surface area contributed by atoms with E-state index in [2.05, 4.69) is 0 Å². The molecule has 0 unspecified atom stereocenters. The van der Waals surface area contributed by atoms with Crippen LogP contribution in [0.4, 0.5) is 5.69 Å². The Morgan fingerprint density at radius 1 is 1.24 bits per heavy atom. The maximum Gasteiger partial charge on any atom is 0.306 e. The van der Waals surface area contributed by atoms with E-state index in [9.17, 15) is 29.8 Å². The molecular weight excluding hydrogens is 332 g/mol. The number of benzene rings is 1. The van der Waals surface area contributed by atoms with Crippen molar-refractivity contribution in [3.63, 3.8) is 0 Å². The standard InChI is InChI=1S/C16H18N2O7/c1-10-6-15(19)13(14(10)8-17(21)22)7-16(20)25-9-11-2-4-12(5-3-11)18(23)24/h2-5,10,13-14H,6-9H2,1H3/t10-,13-,14+/m0/s1. The summed E-state index contributed by atoms with van der Waals surface area (Å²) in [6.45, 7) is 1.36. The number of carbonyl (C=O) groups is 2. The van der Waals surface area contributed by atoms with Gasteiger partial charge >= 0.3 is 5.97 Å². The molecule has 1 saturated carbocycles. The van der Waals surface area contributed by atoms with Gasteiger partial charge in [0, 0.05) is 35.3 Å². The lowest BCUT2D eigenvalue weighted by atomic mass is 9.88. The van der Waals surface area contributed by atoms with E-state index < -0.39 is 27.7 Å². The molecule has 1 aromatic rings. The van der Waals surface area contributed by atoms with Crippen LogP contribution < -0.4 is 0 Å². The van der Waals surface area contributed by atoms with Crippen LogP contribution in [-0.2, 0) is 20.9 Å². The number of ether oxygens (including phenoxy) is 1. The van der Waals surface area contributed by atoms with Crippen molar-refractivity contribution in [1.29, 1.82) is 0 Å². The van der Waals surface area contributed by atoms with Crippen LogP contribution in [-0.4, -0.2) is 28.1 Å². The van der Waals surface area contributed by atoms with Crippen molar-refractivity contribution >= 4 is 17.4 Å². The third kappa shape index (κ3) is 4.82. The fourth-order valence-corrected chi connectivity index (χ4v) is 3.12. The van der Waals surface area contributed by atoms with Gasteiger partial charge in [0.1, 0.15) is 12.4 Å². The topological polar surface area (TPSA) is 130 Å². The maximum absolute atomic E-state index is 12.0. The van der Waals surface area contributed by atoms with Gasteiger partial charge in [-0.2, -0.15) is 0 Å². The molecule has 0 N–H and O–H groups in total. The maximum atomic E-state index is 12.0. The highest BCUT2D eigenvalue weighted by Crippen LogP contribution is 2.36. The van der Waals surface area contributed by atoms with E-state index in [0.717, 1.165) is 0 Å². The number of esters is 1. The Kier molecular flexibility index (Phi) is 5.79. The molecule has 9 nitrogen and oxygen atoms in total. The van der Waals surface area contributed by atoms with E-state index in [-0.39, 0.29) is 43.4 Å². The first-order valence-electron chi connectivity index (χ1n) is 7.81. The second-order valence-electron chi connectivity index (χ2n) is 6.22. The Morgan fingerprint density at radius 3 is 2.44 bits per heavy atom. The van der Waals surface area contributed by atoms with Crippen LogP contribution in [0.3, 0.4) is 0 Å². The predicted octanol–water partition coefficient (Wildman–Crippen LogP) is 2.15. The quantitative estimate of drug-likeness (QED) is 0.418. The van der Waals surface area contributed by atoms with Crippen molar-refractivity contribution in [2.75, 3.05) is 6.54 Å². The molecule has 0 heterocycles. The summed E-state index contributed by atoms with van der Waals surface area (Å²) in [6, 6.07) is 5.56. The van der Waals surface area contributed by atoms with Crippen molar-refractivity contribution in [1.82, 2.24) is 0 Å². The van der Waals surface area contributed by atoms with Gasteiger partial charge in [0.15, 0.2) is 0 Å². The van der Waals surface area contributed by atoms with Gasteiger partial charge in [-0.15, -0.1) is 0 Å². The van der Waals surface area contributed by atoms with E-state index in [1.54, 1.807) is 6.92 Å². The summed E-state index contributed by atoms with van der Waals surface area (Å²) >= 11 is 0. The summed E-state index contributed by atoms with van der Waals surface area (Å²) < 4.78 is 5.10. The predicted molar refractivity (Wildman–Crippen MR) is 85.1 cm³/mol. The van der Waals surface area contributed by atoms with Crippen molar-refractivity contribution in [3.8, 4) is 0 Å². The zero-order valence-corrected chi connectivity index (χ0v) is 13.6. The number of hydrogen-bond acceptors (Lipinski definition) is 7. The first kappa shape index (κ1) is 18.5. The molecule has 0 saturated heterocycles. The van der Waals surface area contributed by atoms with Crippen molar-refractivity contribution in [3.05, 3.63) is 50.1 Å². The lowest BCUT2D eigenvalue weighted by Gasteiger charge is -2.17. The summed E-state index contributed by atoms with van der Waals surface area (Å²) in [7, 11) is 0. The SMILES string of the molecule is C[C@H]1CC(=O)[C@@H](CC(=O)OCc2ccc([N+](=O)[O-])cc2)[C@@H]1C[N+](=O)[O-]. The molecule has 1 aliphatic carbocycles. The fourth-order valence-electron chi connectivity index (χ4n) is 3.12. The van der Waals surface area contributed by atoms with Crippen LogP contribution in [0.1, 0.15) is 25.3 Å². The number of carbonyl (C=O) groups excluding carboxylic acids is 2. The van der Waals surface area contributed by atoms with Gasteiger partial charge < -0.3 is 4.74 Å². The summed E-state index contributed by atoms with van der Waals surface area (Å²) in [5, 5.41) is 21.3. The van der Waals surface area contributed by atoms with E-state index >= 15 is 0 Å². The second-order valence-corrected chi connectivity index (χ2v) is 6.22. The fraction of sp³-hybridized carbons (Fsp3) is 0.500. The van der Waals surface area contributed by atoms with Gasteiger partial charge in [-0.1, -0.05) is 6.92 Å². The zero-order valence-electron chi connectivity index (χ0n) is 13.6. The van der Waals surface area contributed by atoms with Crippen LogP contribution in [0.5, 0.6) is 0 Å². The number of hydrogen-bond donors (Lipinski definition) is 0. The number of Topliss-reactive ketones (excluding diaryl/α,β-unsaturated/α-hetero) is 1. The van der Waals surface area contributed by atoms with Gasteiger partial charge in [-0.05, 0) is 23.6 Å². The van der Waals surface area contributed by atoms with Gasteiger partial charge in [-0.3, -0.25) is 29.8 Å². The van der Waals surface area contributed by atoms with Crippen LogP contribution in [0.2, 0.25) is 0 Å². The molecule has 1 fully saturated rings. The molecule has 1 aliphatic rings. The molecule has 3 atom stereocenters. The average molecular weight is 350 g/mol.